The van der Waals surface area contributed by atoms with Gasteiger partial charge in [-0.3, -0.25) is 0 Å². The lowest BCUT2D eigenvalue weighted by atomic mass is 10.0. The maximum absolute atomic E-state index is 10.5. The van der Waals surface area contributed by atoms with Crippen molar-refractivity contribution in [2.45, 2.75) is 18.2 Å². The van der Waals surface area contributed by atoms with Crippen LogP contribution < -0.4 is 5.32 Å². The van der Waals surface area contributed by atoms with Crippen LogP contribution in [0.15, 0.2) is 36.4 Å². The van der Waals surface area contributed by atoms with Crippen LogP contribution in [0.4, 0.5) is 0 Å². The van der Waals surface area contributed by atoms with Crippen molar-refractivity contribution in [2.75, 3.05) is 26.4 Å². The second-order valence-electron chi connectivity index (χ2n) is 6.72. The van der Waals surface area contributed by atoms with Gasteiger partial charge in [-0.05, 0) is 36.4 Å². The predicted octanol–water partition coefficient (Wildman–Crippen LogP) is 1.77. The maximum atomic E-state index is 10.5. The first-order valence-corrected chi connectivity index (χ1v) is 9.31. The molecule has 3 aromatic rings. The number of benzene rings is 2. The molecule has 0 bridgehead atoms. The number of aliphatic hydroxyl groups is 4. The van der Waals surface area contributed by atoms with Gasteiger partial charge in [0.2, 0.25) is 0 Å². The number of fused-ring (bicyclic) bond motifs is 3. The average Bonchev–Trinajstić information content (AvgIpc) is 2.96. The third-order valence-corrected chi connectivity index (χ3v) is 5.27. The average molecular weight is 413 g/mol. The Hall–Kier alpha value is -1.38. The summed E-state index contributed by atoms with van der Waals surface area (Å²) in [7, 11) is 0. The number of aliphatic hydroxyl groups excluding tert-OH is 4. The molecule has 0 radical (unpaired) electrons. The van der Waals surface area contributed by atoms with Crippen molar-refractivity contribution < 1.29 is 20.4 Å². The summed E-state index contributed by atoms with van der Waals surface area (Å²) in [5, 5.41) is 44.6. The van der Waals surface area contributed by atoms with E-state index < -0.39 is 31.5 Å². The second kappa shape index (κ2) is 8.32. The van der Waals surface area contributed by atoms with Crippen molar-refractivity contribution in [3.8, 4) is 0 Å². The van der Waals surface area contributed by atoms with Gasteiger partial charge in [0, 0.05) is 38.4 Å². The highest BCUT2D eigenvalue weighted by Crippen LogP contribution is 2.33. The van der Waals surface area contributed by atoms with Gasteiger partial charge in [-0.25, -0.2) is 0 Å². The van der Waals surface area contributed by atoms with E-state index in [0.717, 1.165) is 21.8 Å². The summed E-state index contributed by atoms with van der Waals surface area (Å²) >= 11 is 12.3. The molecule has 0 spiro atoms. The molecule has 6 nitrogen and oxygen atoms in total. The van der Waals surface area contributed by atoms with Gasteiger partial charge < -0.3 is 30.3 Å². The number of nitrogens with one attached hydrogen (secondary N) is 1. The molecule has 0 amide bonds. The van der Waals surface area contributed by atoms with E-state index >= 15 is 0 Å². The monoisotopic (exact) mass is 412 g/mol. The van der Waals surface area contributed by atoms with Gasteiger partial charge in [0.15, 0.2) is 0 Å². The van der Waals surface area contributed by atoms with Crippen LogP contribution in [0.2, 0.25) is 10.0 Å². The molecule has 0 saturated carbocycles. The molecule has 0 saturated heterocycles. The minimum atomic E-state index is -1.23. The number of rotatable bonds is 8. The molecular weight excluding hydrogens is 391 g/mol. The molecule has 0 fully saturated rings. The lowest BCUT2D eigenvalue weighted by Crippen LogP contribution is -2.56. The summed E-state index contributed by atoms with van der Waals surface area (Å²) in [4.78, 5) is 0. The number of aromatic nitrogens is 1. The Morgan fingerprint density at radius 2 is 1.37 bits per heavy atom. The van der Waals surface area contributed by atoms with E-state index in [1.807, 2.05) is 28.8 Å². The van der Waals surface area contributed by atoms with Crippen molar-refractivity contribution in [3.63, 3.8) is 0 Å². The van der Waals surface area contributed by atoms with Crippen LogP contribution in [-0.2, 0) is 6.54 Å². The zero-order valence-electron chi connectivity index (χ0n) is 14.6. The van der Waals surface area contributed by atoms with Crippen LogP contribution in [0, 0.1) is 0 Å². The Kier molecular flexibility index (Phi) is 6.28. The summed E-state index contributed by atoms with van der Waals surface area (Å²) in [6.07, 6.45) is -0.820. The molecule has 27 heavy (non-hydrogen) atoms. The van der Waals surface area contributed by atoms with Crippen molar-refractivity contribution >= 4 is 45.0 Å². The first-order chi connectivity index (χ1) is 12.9. The highest BCUT2D eigenvalue weighted by molar-refractivity contribution is 6.33. The van der Waals surface area contributed by atoms with Crippen molar-refractivity contribution in [2.24, 2.45) is 0 Å². The fraction of sp³-hybridized carbons (Fsp3) is 0.368. The van der Waals surface area contributed by atoms with E-state index in [4.69, 9.17) is 23.2 Å². The number of nitrogens with zero attached hydrogens (tertiary/aromatic N) is 1. The topological polar surface area (TPSA) is 97.9 Å². The van der Waals surface area contributed by atoms with Crippen molar-refractivity contribution in [1.29, 1.82) is 0 Å². The molecule has 1 heterocycles. The summed E-state index contributed by atoms with van der Waals surface area (Å²) in [5.41, 5.74) is 0.588. The molecule has 8 heteroatoms. The molecule has 3 rings (SSSR count). The Morgan fingerprint density at radius 3 is 1.81 bits per heavy atom. The minimum absolute atomic E-state index is 0.0873. The molecule has 146 valence electrons. The molecule has 0 aliphatic heterocycles. The first-order valence-electron chi connectivity index (χ1n) is 8.56. The summed E-state index contributed by atoms with van der Waals surface area (Å²) in [6, 6.07) is 11.1. The van der Waals surface area contributed by atoms with Gasteiger partial charge >= 0.3 is 0 Å². The first kappa shape index (κ1) is 20.4. The molecule has 0 aliphatic rings. The van der Waals surface area contributed by atoms with E-state index in [9.17, 15) is 20.4 Å². The van der Waals surface area contributed by atoms with Crippen LogP contribution in [0.5, 0.6) is 0 Å². The number of β-amino-alcohol motifs (C(OH)–C–C–N with tert-alkyl or cyclic N) is 1. The van der Waals surface area contributed by atoms with E-state index in [1.54, 1.807) is 12.1 Å². The number of halogens is 2. The molecule has 0 aliphatic carbocycles. The molecule has 1 unspecified atom stereocenters. The van der Waals surface area contributed by atoms with E-state index in [-0.39, 0.29) is 13.1 Å². The van der Waals surface area contributed by atoms with Gasteiger partial charge in [0.05, 0.1) is 38.0 Å². The minimum Gasteiger partial charge on any atom is -0.394 e. The van der Waals surface area contributed by atoms with Crippen LogP contribution >= 0.6 is 23.2 Å². The largest absolute Gasteiger partial charge is 0.394 e. The van der Waals surface area contributed by atoms with Crippen LogP contribution in [-0.4, -0.2) is 63.0 Å². The SMILES string of the molecule is OCC(CO)(CO)NCC(O)Cn1c2ccc(Cl)cc2c2cc(Cl)ccc21. The van der Waals surface area contributed by atoms with Gasteiger partial charge in [-0.1, -0.05) is 23.2 Å². The molecule has 1 atom stereocenters. The summed E-state index contributed by atoms with van der Waals surface area (Å²) < 4.78 is 1.97. The summed E-state index contributed by atoms with van der Waals surface area (Å²) in [5.74, 6) is 0. The van der Waals surface area contributed by atoms with Gasteiger partial charge in [-0.15, -0.1) is 0 Å². The summed E-state index contributed by atoms with van der Waals surface area (Å²) in [6.45, 7) is -0.976. The Morgan fingerprint density at radius 1 is 0.889 bits per heavy atom. The highest BCUT2D eigenvalue weighted by atomic mass is 35.5. The highest BCUT2D eigenvalue weighted by Gasteiger charge is 2.28. The standard InChI is InChI=1S/C19H22Cl2N2O4/c20-12-1-3-17-15(5-12)16-6-13(21)2-4-18(16)23(17)8-14(27)7-22-19(9-24,10-25)11-26/h1-6,14,22,24-27H,7-11H2. The van der Waals surface area contributed by atoms with Gasteiger partial charge in [0.25, 0.3) is 0 Å². The van der Waals surface area contributed by atoms with Gasteiger partial charge in [-0.2, -0.15) is 0 Å². The second-order valence-corrected chi connectivity index (χ2v) is 7.60. The van der Waals surface area contributed by atoms with E-state index in [0.29, 0.717) is 10.0 Å². The van der Waals surface area contributed by atoms with Crippen molar-refractivity contribution in [1.82, 2.24) is 9.88 Å². The number of hydrogen-bond acceptors (Lipinski definition) is 5. The predicted molar refractivity (Wildman–Crippen MR) is 107 cm³/mol. The lowest BCUT2D eigenvalue weighted by Gasteiger charge is -2.30. The third kappa shape index (κ3) is 4.07. The number of hydrogen-bond donors (Lipinski definition) is 5. The third-order valence-electron chi connectivity index (χ3n) is 4.80. The van der Waals surface area contributed by atoms with Crippen LogP contribution in [0.25, 0.3) is 21.8 Å². The lowest BCUT2D eigenvalue weighted by molar-refractivity contribution is 0.0308. The van der Waals surface area contributed by atoms with Gasteiger partial charge in [0.1, 0.15) is 0 Å². The molecule has 5 N–H and O–H groups in total. The zero-order valence-corrected chi connectivity index (χ0v) is 16.1. The fourth-order valence-corrected chi connectivity index (χ4v) is 3.52. The van der Waals surface area contributed by atoms with Crippen molar-refractivity contribution in [3.05, 3.63) is 46.4 Å². The Bertz CT molecular complexity index is 873. The quantitative estimate of drug-likeness (QED) is 0.388. The van der Waals surface area contributed by atoms with E-state index in [1.165, 1.54) is 0 Å². The molecular formula is C19H22Cl2N2O4. The Balaban J connectivity index is 1.92. The zero-order chi connectivity index (χ0) is 19.6. The Labute approximate surface area is 166 Å². The van der Waals surface area contributed by atoms with Crippen LogP contribution in [0.3, 0.4) is 0 Å². The fourth-order valence-electron chi connectivity index (χ4n) is 3.17. The smallest absolute Gasteiger partial charge is 0.0882 e. The molecule has 1 aromatic heterocycles. The maximum Gasteiger partial charge on any atom is 0.0882 e. The van der Waals surface area contributed by atoms with Crippen LogP contribution in [0.1, 0.15) is 0 Å². The normalized spacial score (nSPS) is 13.6. The van der Waals surface area contributed by atoms with E-state index in [2.05, 4.69) is 5.32 Å². The molecule has 2 aromatic carbocycles.